The van der Waals surface area contributed by atoms with Gasteiger partial charge in [-0.2, -0.15) is 5.10 Å². The van der Waals surface area contributed by atoms with Gasteiger partial charge in [0.15, 0.2) is 0 Å². The van der Waals surface area contributed by atoms with Crippen LogP contribution in [0.25, 0.3) is 5.69 Å². The Morgan fingerprint density at radius 1 is 1.38 bits per heavy atom. The lowest BCUT2D eigenvalue weighted by Crippen LogP contribution is -2.30. The number of carboxylic acid groups (broad SMARTS) is 1. The van der Waals surface area contributed by atoms with Crippen LogP contribution in [0.1, 0.15) is 37.8 Å². The summed E-state index contributed by atoms with van der Waals surface area (Å²) in [6.45, 7) is 2.19. The van der Waals surface area contributed by atoms with E-state index in [1.54, 1.807) is 16.8 Å². The number of rotatable bonds is 3. The van der Waals surface area contributed by atoms with Crippen LogP contribution in [0.15, 0.2) is 34.9 Å². The third-order valence-corrected chi connectivity index (χ3v) is 6.31. The van der Waals surface area contributed by atoms with Gasteiger partial charge in [-0.3, -0.25) is 4.79 Å². The molecule has 2 unspecified atom stereocenters. The summed E-state index contributed by atoms with van der Waals surface area (Å²) in [5, 5.41) is 14.3. The van der Waals surface area contributed by atoms with Crippen LogP contribution in [-0.2, 0) is 4.79 Å². The van der Waals surface area contributed by atoms with Crippen molar-refractivity contribution in [3.63, 3.8) is 0 Å². The summed E-state index contributed by atoms with van der Waals surface area (Å²) in [5.74, 6) is -0.923. The minimum Gasteiger partial charge on any atom is -0.481 e. The Labute approximate surface area is 147 Å². The third kappa shape index (κ3) is 2.57. The molecule has 2 aliphatic rings. The fourth-order valence-corrected chi connectivity index (χ4v) is 4.71. The molecule has 4 atom stereocenters. The van der Waals surface area contributed by atoms with Crippen LogP contribution in [0.4, 0.5) is 4.39 Å². The summed E-state index contributed by atoms with van der Waals surface area (Å²) in [4.78, 5) is 11.8. The van der Waals surface area contributed by atoms with E-state index in [9.17, 15) is 14.3 Å². The standard InChI is InChI=1S/C18H18BrFN2O2/c1-18-7-10(18)6-13(14(8-18)17(23)24)16-15(19)9-22(21-16)12-4-2-11(20)3-5-12/h2-5,9-10,13-14H,6-8H2,1H3,(H,23,24)/t10?,13-,14-,18?/m1/s1. The van der Waals surface area contributed by atoms with Gasteiger partial charge in [0.05, 0.1) is 21.8 Å². The molecule has 2 aliphatic carbocycles. The highest BCUT2D eigenvalue weighted by Crippen LogP contribution is 2.65. The molecule has 1 N–H and O–H groups in total. The van der Waals surface area contributed by atoms with E-state index in [1.807, 2.05) is 6.20 Å². The van der Waals surface area contributed by atoms with E-state index in [4.69, 9.17) is 0 Å². The number of fused-ring (bicyclic) bond motifs is 1. The quantitative estimate of drug-likeness (QED) is 0.842. The van der Waals surface area contributed by atoms with Crippen molar-refractivity contribution < 1.29 is 14.3 Å². The van der Waals surface area contributed by atoms with Crippen molar-refractivity contribution in [1.29, 1.82) is 0 Å². The smallest absolute Gasteiger partial charge is 0.307 e. The maximum Gasteiger partial charge on any atom is 0.307 e. The minimum absolute atomic E-state index is 0.0841. The maximum absolute atomic E-state index is 13.1. The first kappa shape index (κ1) is 15.8. The highest BCUT2D eigenvalue weighted by molar-refractivity contribution is 9.10. The largest absolute Gasteiger partial charge is 0.481 e. The first-order valence-corrected chi connectivity index (χ1v) is 8.90. The molecule has 0 bridgehead atoms. The fourth-order valence-electron chi connectivity index (χ4n) is 4.14. The molecule has 2 saturated carbocycles. The van der Waals surface area contributed by atoms with Gasteiger partial charge in [-0.1, -0.05) is 6.92 Å². The van der Waals surface area contributed by atoms with Crippen LogP contribution in [0, 0.1) is 23.1 Å². The normalized spacial score (nSPS) is 31.5. The number of hydrogen-bond donors (Lipinski definition) is 1. The molecule has 1 heterocycles. The van der Waals surface area contributed by atoms with Crippen molar-refractivity contribution in [3.05, 3.63) is 46.4 Å². The lowest BCUT2D eigenvalue weighted by molar-refractivity contribution is -0.144. The molecule has 4 rings (SSSR count). The summed E-state index contributed by atoms with van der Waals surface area (Å²) in [6, 6.07) is 6.10. The molecule has 2 aromatic rings. The average molecular weight is 393 g/mol. The number of halogens is 2. The Hall–Kier alpha value is -1.69. The summed E-state index contributed by atoms with van der Waals surface area (Å²) in [7, 11) is 0. The van der Waals surface area contributed by atoms with Gasteiger partial charge in [0.1, 0.15) is 5.82 Å². The third-order valence-electron chi connectivity index (χ3n) is 5.70. The van der Waals surface area contributed by atoms with Crippen LogP contribution in [0.5, 0.6) is 0 Å². The predicted molar refractivity (Wildman–Crippen MR) is 90.5 cm³/mol. The fraction of sp³-hybridized carbons (Fsp3) is 0.444. The SMILES string of the molecule is CC12CC1C[C@@H](c1nn(-c3ccc(F)cc3)cc1Br)[C@H](C(=O)O)C2. The predicted octanol–water partition coefficient (Wildman–Crippen LogP) is 4.38. The highest BCUT2D eigenvalue weighted by Gasteiger charge is 2.58. The molecule has 0 radical (unpaired) electrons. The van der Waals surface area contributed by atoms with Crippen molar-refractivity contribution in [3.8, 4) is 5.69 Å². The number of carboxylic acids is 1. The molecule has 1 aromatic heterocycles. The summed E-state index contributed by atoms with van der Waals surface area (Å²) in [5.41, 5.74) is 1.74. The van der Waals surface area contributed by atoms with Crippen LogP contribution in [-0.4, -0.2) is 20.9 Å². The van der Waals surface area contributed by atoms with Gasteiger partial charge in [0, 0.05) is 12.1 Å². The monoisotopic (exact) mass is 392 g/mol. The maximum atomic E-state index is 13.1. The van der Waals surface area contributed by atoms with Gasteiger partial charge in [-0.25, -0.2) is 9.07 Å². The van der Waals surface area contributed by atoms with Crippen molar-refractivity contribution in [2.75, 3.05) is 0 Å². The van der Waals surface area contributed by atoms with Gasteiger partial charge < -0.3 is 5.11 Å². The lowest BCUT2D eigenvalue weighted by Gasteiger charge is -2.31. The molecular weight excluding hydrogens is 375 g/mol. The van der Waals surface area contributed by atoms with E-state index in [-0.39, 0.29) is 17.2 Å². The van der Waals surface area contributed by atoms with Gasteiger partial charge >= 0.3 is 5.97 Å². The molecule has 0 saturated heterocycles. The Balaban J connectivity index is 1.68. The Morgan fingerprint density at radius 2 is 2.08 bits per heavy atom. The number of aliphatic carboxylic acids is 1. The second-order valence-corrected chi connectivity index (χ2v) is 8.18. The molecule has 126 valence electrons. The number of hydrogen-bond acceptors (Lipinski definition) is 2. The van der Waals surface area contributed by atoms with Gasteiger partial charge in [-0.05, 0) is 70.8 Å². The van der Waals surface area contributed by atoms with E-state index < -0.39 is 11.9 Å². The van der Waals surface area contributed by atoms with Crippen LogP contribution in [0.3, 0.4) is 0 Å². The summed E-state index contributed by atoms with van der Waals surface area (Å²) >= 11 is 3.54. The molecule has 4 nitrogen and oxygen atoms in total. The summed E-state index contributed by atoms with van der Waals surface area (Å²) < 4.78 is 15.6. The number of aromatic nitrogens is 2. The number of benzene rings is 1. The van der Waals surface area contributed by atoms with E-state index in [0.717, 1.165) is 28.7 Å². The van der Waals surface area contributed by atoms with Crippen molar-refractivity contribution >= 4 is 21.9 Å². The van der Waals surface area contributed by atoms with Crippen LogP contribution >= 0.6 is 15.9 Å². The van der Waals surface area contributed by atoms with Crippen LogP contribution < -0.4 is 0 Å². The zero-order chi connectivity index (χ0) is 17.1. The molecule has 24 heavy (non-hydrogen) atoms. The van der Waals surface area contributed by atoms with Crippen molar-refractivity contribution in [1.82, 2.24) is 9.78 Å². The number of carbonyl (C=O) groups is 1. The van der Waals surface area contributed by atoms with Gasteiger partial charge in [0.2, 0.25) is 0 Å². The minimum atomic E-state index is -0.741. The van der Waals surface area contributed by atoms with E-state index >= 15 is 0 Å². The Morgan fingerprint density at radius 3 is 2.75 bits per heavy atom. The van der Waals surface area contributed by atoms with Gasteiger partial charge in [-0.15, -0.1) is 0 Å². The van der Waals surface area contributed by atoms with Gasteiger partial charge in [0.25, 0.3) is 0 Å². The molecule has 0 aliphatic heterocycles. The lowest BCUT2D eigenvalue weighted by atomic mass is 9.73. The van der Waals surface area contributed by atoms with E-state index in [0.29, 0.717) is 12.3 Å². The second kappa shape index (κ2) is 5.41. The molecule has 2 fully saturated rings. The summed E-state index contributed by atoms with van der Waals surface area (Å²) in [6.07, 6.45) is 4.52. The molecule has 0 spiro atoms. The second-order valence-electron chi connectivity index (χ2n) is 7.33. The van der Waals surface area contributed by atoms with Crippen molar-refractivity contribution in [2.24, 2.45) is 17.3 Å². The molecule has 0 amide bonds. The first-order chi connectivity index (χ1) is 11.4. The Kier molecular flexibility index (Phi) is 3.56. The zero-order valence-corrected chi connectivity index (χ0v) is 14.8. The van der Waals surface area contributed by atoms with E-state index in [2.05, 4.69) is 28.0 Å². The molecule has 1 aromatic carbocycles. The van der Waals surface area contributed by atoms with Crippen LogP contribution in [0.2, 0.25) is 0 Å². The average Bonchev–Trinajstić information content (AvgIpc) is 3.05. The number of nitrogens with zero attached hydrogens (tertiary/aromatic N) is 2. The zero-order valence-electron chi connectivity index (χ0n) is 13.2. The van der Waals surface area contributed by atoms with Crippen molar-refractivity contribution in [2.45, 2.75) is 32.1 Å². The Bertz CT molecular complexity index is 804. The molecule has 6 heteroatoms. The van der Waals surface area contributed by atoms with E-state index in [1.165, 1.54) is 12.1 Å². The highest BCUT2D eigenvalue weighted by atomic mass is 79.9. The topological polar surface area (TPSA) is 55.1 Å². The first-order valence-electron chi connectivity index (χ1n) is 8.11. The molecular formula is C18H18BrFN2O2.